The highest BCUT2D eigenvalue weighted by atomic mass is 16.4. The number of carboxylic acid groups (broad SMARTS) is 1. The van der Waals surface area contributed by atoms with Gasteiger partial charge in [0.25, 0.3) is 0 Å². The van der Waals surface area contributed by atoms with Crippen LogP contribution in [0.25, 0.3) is 33.9 Å². The number of nitrogens with one attached hydrogen (secondary N) is 1. The van der Waals surface area contributed by atoms with E-state index in [-0.39, 0.29) is 17.4 Å². The van der Waals surface area contributed by atoms with Crippen LogP contribution in [0.4, 0.5) is 11.4 Å². The van der Waals surface area contributed by atoms with E-state index in [0.717, 1.165) is 50.6 Å². The number of hydrogen-bond acceptors (Lipinski definition) is 5. The molecule has 1 heterocycles. The summed E-state index contributed by atoms with van der Waals surface area (Å²) in [5.74, 6) is 0.155. The first-order chi connectivity index (χ1) is 20.1. The van der Waals surface area contributed by atoms with E-state index in [2.05, 4.69) is 46.5 Å². The van der Waals surface area contributed by atoms with Crippen LogP contribution in [0, 0.1) is 7.05 Å². The monoisotopic (exact) mass is 580 g/mol. The minimum absolute atomic E-state index is 0.0648. The molecule has 0 spiro atoms. The summed E-state index contributed by atoms with van der Waals surface area (Å²) < 4.78 is 0. The van der Waals surface area contributed by atoms with Crippen LogP contribution < -0.4 is 9.80 Å². The van der Waals surface area contributed by atoms with Crippen molar-refractivity contribution in [2.75, 3.05) is 29.4 Å². The van der Waals surface area contributed by atoms with E-state index in [1.165, 1.54) is 0 Å². The maximum absolute atomic E-state index is 11.4. The van der Waals surface area contributed by atoms with Gasteiger partial charge in [-0.25, -0.2) is 4.98 Å². The number of aromatic hydroxyl groups is 1. The summed E-state index contributed by atoms with van der Waals surface area (Å²) in [6.45, 7) is 17.7. The molecule has 0 amide bonds. The molecule has 43 heavy (non-hydrogen) atoms. The number of nitrogens with zero attached hydrogens (tertiary/aromatic N) is 3. The molecule has 0 saturated heterocycles. The first kappa shape index (κ1) is 31.7. The number of carbonyl (C=O) groups is 1. The third-order valence-electron chi connectivity index (χ3n) is 7.75. The molecular weight excluding hydrogens is 536 g/mol. The van der Waals surface area contributed by atoms with E-state index in [1.54, 1.807) is 4.90 Å². The zero-order chi connectivity index (χ0) is 31.7. The van der Waals surface area contributed by atoms with E-state index >= 15 is 0 Å². The SMILES string of the molecule is [CH]N(CC)c1ccc(-c2nc(-c3cc(C(C)(C)C)c(O)c(C(C)(C)C)c3)[nH]c2-c2ccc(N(CC)CC(=O)O)cc2)cc1. The topological polar surface area (TPSA) is 92.7 Å². The second-order valence-electron chi connectivity index (χ2n) is 13.0. The molecule has 0 saturated carbocycles. The molecule has 2 radical (unpaired) electrons. The van der Waals surface area contributed by atoms with Crippen molar-refractivity contribution in [2.45, 2.75) is 66.2 Å². The van der Waals surface area contributed by atoms with Crippen LogP contribution in [0.1, 0.15) is 66.5 Å². The molecule has 3 aromatic carbocycles. The van der Waals surface area contributed by atoms with Gasteiger partial charge in [-0.2, -0.15) is 0 Å². The Hall–Kier alpha value is -4.26. The van der Waals surface area contributed by atoms with Gasteiger partial charge < -0.3 is 25.0 Å². The summed E-state index contributed by atoms with van der Waals surface area (Å²) >= 11 is 0. The number of phenolic OH excluding ortho intramolecular Hbond substituents is 1. The third kappa shape index (κ3) is 6.87. The number of phenols is 1. The number of aromatic amines is 1. The second-order valence-corrected chi connectivity index (χ2v) is 13.0. The largest absolute Gasteiger partial charge is 0.507 e. The minimum Gasteiger partial charge on any atom is -0.507 e. The predicted molar refractivity (Wildman–Crippen MR) is 177 cm³/mol. The Bertz CT molecular complexity index is 1540. The number of rotatable bonds is 9. The van der Waals surface area contributed by atoms with Crippen molar-refractivity contribution in [1.29, 1.82) is 0 Å². The number of aliphatic carboxylic acids is 1. The van der Waals surface area contributed by atoms with Crippen LogP contribution in [0.3, 0.4) is 0 Å². The maximum Gasteiger partial charge on any atom is 0.323 e. The molecular formula is C36H44N4O3. The van der Waals surface area contributed by atoms with Crippen molar-refractivity contribution in [1.82, 2.24) is 9.97 Å². The number of hydrogen-bond donors (Lipinski definition) is 3. The summed E-state index contributed by atoms with van der Waals surface area (Å²) in [5, 5.41) is 20.6. The number of aromatic nitrogens is 2. The number of H-pyrrole nitrogens is 1. The summed E-state index contributed by atoms with van der Waals surface area (Å²) in [6, 6.07) is 19.9. The van der Waals surface area contributed by atoms with Crippen LogP contribution in [-0.4, -0.2) is 45.8 Å². The van der Waals surface area contributed by atoms with Gasteiger partial charge in [-0.05, 0) is 61.1 Å². The van der Waals surface area contributed by atoms with Gasteiger partial charge in [-0.3, -0.25) is 4.79 Å². The smallest absolute Gasteiger partial charge is 0.323 e. The molecule has 4 rings (SSSR count). The van der Waals surface area contributed by atoms with Gasteiger partial charge in [0.05, 0.1) is 18.4 Å². The fourth-order valence-electron chi connectivity index (χ4n) is 5.22. The number of likely N-dealkylation sites (N-methyl/N-ethyl adjacent to an activating group) is 1. The van der Waals surface area contributed by atoms with Gasteiger partial charge in [0.15, 0.2) is 0 Å². The Morgan fingerprint density at radius 1 is 0.814 bits per heavy atom. The Kier molecular flexibility index (Phi) is 8.95. The molecule has 0 aliphatic rings. The molecule has 3 N–H and O–H groups in total. The molecule has 0 atom stereocenters. The highest BCUT2D eigenvalue weighted by molar-refractivity contribution is 5.83. The third-order valence-corrected chi connectivity index (χ3v) is 7.75. The van der Waals surface area contributed by atoms with E-state index in [4.69, 9.17) is 12.0 Å². The maximum atomic E-state index is 11.4. The first-order valence-corrected chi connectivity index (χ1v) is 14.8. The van der Waals surface area contributed by atoms with Crippen LogP contribution in [0.2, 0.25) is 0 Å². The van der Waals surface area contributed by atoms with Crippen molar-refractivity contribution in [2.24, 2.45) is 0 Å². The van der Waals surface area contributed by atoms with Crippen molar-refractivity contribution in [3.63, 3.8) is 0 Å². The fourth-order valence-corrected chi connectivity index (χ4v) is 5.22. The zero-order valence-corrected chi connectivity index (χ0v) is 26.6. The van der Waals surface area contributed by atoms with Gasteiger partial charge in [0.1, 0.15) is 18.1 Å². The predicted octanol–water partition coefficient (Wildman–Crippen LogP) is 8.12. The van der Waals surface area contributed by atoms with E-state index in [1.807, 2.05) is 79.4 Å². The molecule has 0 aliphatic heterocycles. The molecule has 4 aromatic rings. The molecule has 0 aliphatic carbocycles. The quantitative estimate of drug-likeness (QED) is 0.173. The molecule has 0 fully saturated rings. The lowest BCUT2D eigenvalue weighted by molar-refractivity contribution is -0.135. The Morgan fingerprint density at radius 2 is 1.33 bits per heavy atom. The van der Waals surface area contributed by atoms with Crippen LogP contribution in [-0.2, 0) is 15.6 Å². The Labute approximate surface area is 256 Å². The Balaban J connectivity index is 1.91. The minimum atomic E-state index is -0.868. The van der Waals surface area contributed by atoms with Crippen LogP contribution in [0.5, 0.6) is 5.75 Å². The molecule has 0 bridgehead atoms. The van der Waals surface area contributed by atoms with Crippen molar-refractivity contribution in [3.05, 3.63) is 78.8 Å². The lowest BCUT2D eigenvalue weighted by Crippen LogP contribution is -2.29. The highest BCUT2D eigenvalue weighted by Crippen LogP contribution is 2.43. The van der Waals surface area contributed by atoms with Crippen molar-refractivity contribution in [3.8, 4) is 39.7 Å². The fraction of sp³-hybridized carbons (Fsp3) is 0.361. The van der Waals surface area contributed by atoms with E-state index < -0.39 is 5.97 Å². The lowest BCUT2D eigenvalue weighted by Gasteiger charge is -2.28. The average Bonchev–Trinajstić information content (AvgIpc) is 3.40. The lowest BCUT2D eigenvalue weighted by atomic mass is 9.78. The zero-order valence-electron chi connectivity index (χ0n) is 26.6. The number of anilines is 2. The summed E-state index contributed by atoms with van der Waals surface area (Å²) in [6.07, 6.45) is 0. The summed E-state index contributed by atoms with van der Waals surface area (Å²) in [4.78, 5) is 23.6. The van der Waals surface area contributed by atoms with Gasteiger partial charge in [-0.15, -0.1) is 0 Å². The molecule has 1 aromatic heterocycles. The van der Waals surface area contributed by atoms with Gasteiger partial charge >= 0.3 is 5.97 Å². The van der Waals surface area contributed by atoms with Gasteiger partial charge in [0, 0.05) is 52.3 Å². The summed E-state index contributed by atoms with van der Waals surface area (Å²) in [7, 11) is 6.13. The van der Waals surface area contributed by atoms with Crippen molar-refractivity contribution < 1.29 is 15.0 Å². The number of carboxylic acids is 1. The van der Waals surface area contributed by atoms with E-state index in [9.17, 15) is 15.0 Å². The highest BCUT2D eigenvalue weighted by Gasteiger charge is 2.28. The van der Waals surface area contributed by atoms with Crippen LogP contribution in [0.15, 0.2) is 60.7 Å². The summed E-state index contributed by atoms with van der Waals surface area (Å²) in [5.41, 5.74) is 7.30. The normalized spacial score (nSPS) is 11.9. The molecule has 7 heteroatoms. The molecule has 0 unspecified atom stereocenters. The Morgan fingerprint density at radius 3 is 1.79 bits per heavy atom. The number of benzene rings is 3. The second kappa shape index (κ2) is 12.2. The average molecular weight is 581 g/mol. The standard InChI is InChI=1S/C36H44N4O3/c1-10-39(9)26-16-12-23(13-17-26)31-32(24-14-18-27(19-15-24)40(11-2)22-30(41)42)38-34(37-31)25-20-28(35(3,4)5)33(43)29(21-25)36(6,7)8/h9,12-21,43H,10-11,22H2,1-8H3,(H,37,38)(H,41,42). The van der Waals surface area contributed by atoms with Gasteiger partial charge in [0.2, 0.25) is 0 Å². The number of imidazole rings is 1. The van der Waals surface area contributed by atoms with Crippen molar-refractivity contribution >= 4 is 17.3 Å². The first-order valence-electron chi connectivity index (χ1n) is 14.8. The van der Waals surface area contributed by atoms with Gasteiger partial charge in [-0.1, -0.05) is 65.8 Å². The van der Waals surface area contributed by atoms with E-state index in [0.29, 0.717) is 24.7 Å². The van der Waals surface area contributed by atoms with Crippen LogP contribution >= 0.6 is 0 Å². The molecule has 226 valence electrons. The molecule has 7 nitrogen and oxygen atoms in total.